The van der Waals surface area contributed by atoms with Crippen LogP contribution in [0, 0.1) is 67.0 Å². The lowest BCUT2D eigenvalue weighted by molar-refractivity contribution is 0.632. The van der Waals surface area contributed by atoms with E-state index in [9.17, 15) is 0 Å². The normalized spacial score (nSPS) is 11.6. The minimum absolute atomic E-state index is 0.298. The minimum Gasteiger partial charge on any atom is -0.307 e. The number of anilines is 6. The van der Waals surface area contributed by atoms with Gasteiger partial charge in [-0.15, -0.1) is 0 Å². The van der Waals surface area contributed by atoms with Crippen molar-refractivity contribution >= 4 is 66.4 Å². The third-order valence-corrected chi connectivity index (χ3v) is 15.5. The fourth-order valence-corrected chi connectivity index (χ4v) is 11.6. The van der Waals surface area contributed by atoms with Crippen molar-refractivity contribution in [1.29, 1.82) is 0 Å². The number of rotatable bonds is 10. The molecular formula is C72H58F2N2. The smallest absolute Gasteiger partial charge is 0.155 e. The Morgan fingerprint density at radius 3 is 0.961 bits per heavy atom. The zero-order valence-corrected chi connectivity index (χ0v) is 44.3. The number of benzene rings is 12. The van der Waals surface area contributed by atoms with Gasteiger partial charge in [0.2, 0.25) is 0 Å². The molecule has 76 heavy (non-hydrogen) atoms. The molecule has 0 amide bonds. The monoisotopic (exact) mass is 988 g/mol. The Morgan fingerprint density at radius 1 is 0.276 bits per heavy atom. The summed E-state index contributed by atoms with van der Waals surface area (Å²) in [5.41, 5.74) is 19.4. The molecule has 0 heterocycles. The van der Waals surface area contributed by atoms with Crippen molar-refractivity contribution in [1.82, 2.24) is 0 Å². The zero-order chi connectivity index (χ0) is 52.5. The van der Waals surface area contributed by atoms with E-state index in [-0.39, 0.29) is 11.6 Å². The molecule has 2 nitrogen and oxygen atoms in total. The van der Waals surface area contributed by atoms with Gasteiger partial charge in [0, 0.05) is 33.3 Å². The summed E-state index contributed by atoms with van der Waals surface area (Å²) in [6.07, 6.45) is 0. The summed E-state index contributed by atoms with van der Waals surface area (Å²) in [7, 11) is 0. The summed E-state index contributed by atoms with van der Waals surface area (Å²) in [6.45, 7) is 16.6. The number of nitrogens with zero attached hydrogens (tertiary/aromatic N) is 2. The topological polar surface area (TPSA) is 6.48 Å². The average Bonchev–Trinajstić information content (AvgIpc) is 3.56. The Hall–Kier alpha value is -8.86. The van der Waals surface area contributed by atoms with E-state index in [4.69, 9.17) is 0 Å². The lowest BCUT2D eigenvalue weighted by Gasteiger charge is -2.31. The fourth-order valence-electron chi connectivity index (χ4n) is 11.6. The number of para-hydroxylation sites is 2. The zero-order valence-electron chi connectivity index (χ0n) is 44.3. The van der Waals surface area contributed by atoms with E-state index in [2.05, 4.69) is 223 Å². The van der Waals surface area contributed by atoms with E-state index >= 15 is 8.78 Å². The second kappa shape index (κ2) is 19.1. The first-order valence-electron chi connectivity index (χ1n) is 26.2. The van der Waals surface area contributed by atoms with Gasteiger partial charge in [-0.05, 0) is 181 Å². The van der Waals surface area contributed by atoms with Crippen LogP contribution in [0.15, 0.2) is 206 Å². The molecule has 370 valence electrons. The van der Waals surface area contributed by atoms with Gasteiger partial charge in [-0.3, -0.25) is 0 Å². The molecule has 0 spiro atoms. The highest BCUT2D eigenvalue weighted by Gasteiger charge is 2.29. The lowest BCUT2D eigenvalue weighted by Crippen LogP contribution is -2.14. The number of hydrogen-bond donors (Lipinski definition) is 0. The van der Waals surface area contributed by atoms with Crippen LogP contribution >= 0.6 is 0 Å². The van der Waals surface area contributed by atoms with Crippen LogP contribution < -0.4 is 9.80 Å². The molecule has 0 aromatic heterocycles. The third-order valence-electron chi connectivity index (χ3n) is 15.5. The van der Waals surface area contributed by atoms with Crippen molar-refractivity contribution in [3.63, 3.8) is 0 Å². The van der Waals surface area contributed by atoms with Gasteiger partial charge in [0.05, 0.1) is 22.7 Å². The molecule has 0 radical (unpaired) electrons. The van der Waals surface area contributed by atoms with Crippen LogP contribution in [0.1, 0.15) is 44.5 Å². The molecule has 12 rings (SSSR count). The van der Waals surface area contributed by atoms with Gasteiger partial charge in [-0.2, -0.15) is 0 Å². The Bertz CT molecular complexity index is 3960. The quantitative estimate of drug-likeness (QED) is 0.126. The van der Waals surface area contributed by atoms with Crippen molar-refractivity contribution in [2.24, 2.45) is 0 Å². The molecule has 4 heteroatoms. The van der Waals surface area contributed by atoms with Crippen molar-refractivity contribution in [3.8, 4) is 44.5 Å². The Kier molecular flexibility index (Phi) is 12.1. The maximum atomic E-state index is 18.6. The Balaban J connectivity index is 1.11. The summed E-state index contributed by atoms with van der Waals surface area (Å²) < 4.78 is 37.2. The Morgan fingerprint density at radius 2 is 0.592 bits per heavy atom. The summed E-state index contributed by atoms with van der Waals surface area (Å²) in [5, 5.41) is 6.14. The second-order valence-corrected chi connectivity index (χ2v) is 20.8. The lowest BCUT2D eigenvalue weighted by atomic mass is 9.87. The van der Waals surface area contributed by atoms with Gasteiger partial charge in [0.15, 0.2) is 11.6 Å². The largest absolute Gasteiger partial charge is 0.307 e. The molecule has 0 aliphatic rings. The van der Waals surface area contributed by atoms with E-state index in [0.717, 1.165) is 133 Å². The molecule has 0 bridgehead atoms. The SMILES string of the molecule is Cc1ccc(C)c(-c2ccc(N(c3ccccc3)c3ccc4ccc5c(N(c6ccccc6)c6ccc(-c7cc(C)ccc7C)c(-c7cc(C)ccc7C)c6F)ccc6ccc3c4c65)c(F)c2-c2cc(C)ccc2C)c1. The van der Waals surface area contributed by atoms with Gasteiger partial charge in [-0.25, -0.2) is 8.78 Å². The van der Waals surface area contributed by atoms with Gasteiger partial charge < -0.3 is 9.80 Å². The van der Waals surface area contributed by atoms with Crippen LogP contribution in [0.5, 0.6) is 0 Å². The van der Waals surface area contributed by atoms with Gasteiger partial charge in [-0.1, -0.05) is 180 Å². The Labute approximate surface area is 445 Å². The predicted octanol–water partition coefficient (Wildman–Crippen LogP) is 20.9. The van der Waals surface area contributed by atoms with Gasteiger partial charge in [0.1, 0.15) is 0 Å². The highest BCUT2D eigenvalue weighted by Crippen LogP contribution is 2.51. The van der Waals surface area contributed by atoms with E-state index in [1.54, 1.807) is 0 Å². The first-order chi connectivity index (χ1) is 36.8. The van der Waals surface area contributed by atoms with Crippen LogP contribution in [0.25, 0.3) is 76.8 Å². The average molecular weight is 989 g/mol. The predicted molar refractivity (Wildman–Crippen MR) is 319 cm³/mol. The standard InChI is InChI=1S/C72H58F2N2/c1-43-19-23-47(5)59(39-43)55-33-37-65(71(73)69(55)61-41-45(3)21-25-49(61)7)75(53-15-11-9-12-16-53)63-35-29-51-28-32-58-64(36-30-52-27-31-57(63)67(51)68(52)58)76(54-17-13-10-14-18-54)66-38-34-56(60-40-44(2)20-24-48(60)6)70(72(66)74)62-42-46(4)22-26-50(62)8/h9-42H,1-8H3. The van der Waals surface area contributed by atoms with Crippen molar-refractivity contribution < 1.29 is 8.78 Å². The van der Waals surface area contributed by atoms with Crippen LogP contribution in [0.2, 0.25) is 0 Å². The first kappa shape index (κ1) is 48.1. The van der Waals surface area contributed by atoms with E-state index in [1.807, 2.05) is 48.5 Å². The van der Waals surface area contributed by atoms with E-state index in [1.165, 1.54) is 0 Å². The molecule has 12 aromatic carbocycles. The fraction of sp³-hybridized carbons (Fsp3) is 0.111. The number of halogens is 2. The highest BCUT2D eigenvalue weighted by atomic mass is 19.1. The molecular weight excluding hydrogens is 931 g/mol. The second-order valence-electron chi connectivity index (χ2n) is 20.8. The van der Waals surface area contributed by atoms with Crippen molar-refractivity contribution in [2.45, 2.75) is 55.4 Å². The number of hydrogen-bond acceptors (Lipinski definition) is 2. The van der Waals surface area contributed by atoms with Gasteiger partial charge in [0.25, 0.3) is 0 Å². The molecule has 0 saturated heterocycles. The maximum absolute atomic E-state index is 18.6. The summed E-state index contributed by atoms with van der Waals surface area (Å²) in [5.74, 6) is -0.596. The maximum Gasteiger partial charge on any atom is 0.155 e. The van der Waals surface area contributed by atoms with Crippen LogP contribution in [-0.2, 0) is 0 Å². The molecule has 0 atom stereocenters. The molecule has 12 aromatic rings. The first-order valence-corrected chi connectivity index (χ1v) is 26.2. The van der Waals surface area contributed by atoms with Crippen molar-refractivity contribution in [2.75, 3.05) is 9.80 Å². The third kappa shape index (κ3) is 8.17. The van der Waals surface area contributed by atoms with Crippen molar-refractivity contribution in [3.05, 3.63) is 262 Å². The molecule has 0 aliphatic carbocycles. The molecule has 0 unspecified atom stereocenters. The van der Waals surface area contributed by atoms with Crippen LogP contribution in [0.3, 0.4) is 0 Å². The highest BCUT2D eigenvalue weighted by molar-refractivity contribution is 6.28. The van der Waals surface area contributed by atoms with Crippen LogP contribution in [-0.4, -0.2) is 0 Å². The summed E-state index contributed by atoms with van der Waals surface area (Å²) in [4.78, 5) is 4.17. The summed E-state index contributed by atoms with van der Waals surface area (Å²) >= 11 is 0. The van der Waals surface area contributed by atoms with Gasteiger partial charge >= 0.3 is 0 Å². The molecule has 0 fully saturated rings. The molecule has 0 saturated carbocycles. The van der Waals surface area contributed by atoms with E-state index in [0.29, 0.717) is 22.5 Å². The molecule has 0 N–H and O–H groups in total. The van der Waals surface area contributed by atoms with Crippen LogP contribution in [0.4, 0.5) is 42.9 Å². The minimum atomic E-state index is -0.298. The summed E-state index contributed by atoms with van der Waals surface area (Å²) in [6, 6.07) is 71.0. The number of aryl methyl sites for hydroxylation is 8. The molecule has 0 aliphatic heterocycles. The van der Waals surface area contributed by atoms with E-state index < -0.39 is 0 Å².